The van der Waals surface area contributed by atoms with E-state index in [1.807, 2.05) is 17.8 Å². The summed E-state index contributed by atoms with van der Waals surface area (Å²) in [5, 5.41) is 7.71. The van der Waals surface area contributed by atoms with E-state index in [2.05, 4.69) is 10.3 Å². The summed E-state index contributed by atoms with van der Waals surface area (Å²) >= 11 is 0. The van der Waals surface area contributed by atoms with Gasteiger partial charge in [-0.05, 0) is 19.9 Å². The third-order valence-corrected chi connectivity index (χ3v) is 1.24. The number of hydrogen-bond acceptors (Lipinski definition) is 3. The monoisotopic (exact) mass is 140 g/mol. The van der Waals surface area contributed by atoms with Gasteiger partial charge in [-0.3, -0.25) is 4.68 Å². The Morgan fingerprint density at radius 3 is 3.00 bits per heavy atom. The number of rotatable bonds is 3. The van der Waals surface area contributed by atoms with Crippen LogP contribution in [0.15, 0.2) is 6.20 Å². The molecule has 0 saturated carbocycles. The normalized spacial score (nSPS) is 10.2. The van der Waals surface area contributed by atoms with Gasteiger partial charge in [0.05, 0.1) is 5.69 Å². The molecule has 4 heteroatoms. The van der Waals surface area contributed by atoms with Crippen molar-refractivity contribution in [3.63, 3.8) is 0 Å². The van der Waals surface area contributed by atoms with Crippen LogP contribution in [0, 0.1) is 6.92 Å². The minimum atomic E-state index is 0.707. The predicted molar refractivity (Wildman–Crippen MR) is 38.4 cm³/mol. The lowest BCUT2D eigenvalue weighted by Gasteiger charge is -1.94. The van der Waals surface area contributed by atoms with Crippen molar-refractivity contribution in [2.75, 3.05) is 6.54 Å². The summed E-state index contributed by atoms with van der Waals surface area (Å²) in [5.41, 5.74) is 6.28. The first-order chi connectivity index (χ1) is 4.83. The van der Waals surface area contributed by atoms with Crippen molar-refractivity contribution >= 4 is 0 Å². The molecular formula is C6H12N4. The van der Waals surface area contributed by atoms with Gasteiger partial charge in [0.2, 0.25) is 0 Å². The molecule has 0 unspecified atom stereocenters. The van der Waals surface area contributed by atoms with Crippen molar-refractivity contribution in [3.8, 4) is 0 Å². The lowest BCUT2D eigenvalue weighted by atomic mass is 10.4. The molecule has 4 nitrogen and oxygen atoms in total. The lowest BCUT2D eigenvalue weighted by molar-refractivity contribution is 0.564. The van der Waals surface area contributed by atoms with Crippen LogP contribution in [0.5, 0.6) is 0 Å². The van der Waals surface area contributed by atoms with Gasteiger partial charge in [-0.1, -0.05) is 5.21 Å². The highest BCUT2D eigenvalue weighted by Crippen LogP contribution is 1.90. The second-order valence-corrected chi connectivity index (χ2v) is 2.27. The molecule has 1 heterocycles. The largest absolute Gasteiger partial charge is 0.330 e. The van der Waals surface area contributed by atoms with Gasteiger partial charge in [0.15, 0.2) is 0 Å². The Morgan fingerprint density at radius 1 is 1.70 bits per heavy atom. The van der Waals surface area contributed by atoms with Gasteiger partial charge in [-0.15, -0.1) is 5.10 Å². The summed E-state index contributed by atoms with van der Waals surface area (Å²) in [7, 11) is 0. The van der Waals surface area contributed by atoms with Gasteiger partial charge in [0, 0.05) is 12.7 Å². The average molecular weight is 140 g/mol. The van der Waals surface area contributed by atoms with Crippen molar-refractivity contribution in [2.45, 2.75) is 19.9 Å². The van der Waals surface area contributed by atoms with Crippen LogP contribution in [0.4, 0.5) is 0 Å². The maximum absolute atomic E-state index is 5.32. The fourth-order valence-electron chi connectivity index (χ4n) is 0.758. The number of hydrogen-bond donors (Lipinski definition) is 1. The number of nitrogens with zero attached hydrogens (tertiary/aromatic N) is 3. The molecule has 10 heavy (non-hydrogen) atoms. The molecule has 0 aliphatic heterocycles. The van der Waals surface area contributed by atoms with E-state index in [0.29, 0.717) is 6.54 Å². The fourth-order valence-corrected chi connectivity index (χ4v) is 0.758. The van der Waals surface area contributed by atoms with Gasteiger partial charge in [0.1, 0.15) is 0 Å². The minimum absolute atomic E-state index is 0.707. The Hall–Kier alpha value is -0.900. The van der Waals surface area contributed by atoms with E-state index in [1.54, 1.807) is 0 Å². The zero-order valence-corrected chi connectivity index (χ0v) is 6.12. The van der Waals surface area contributed by atoms with Gasteiger partial charge in [-0.25, -0.2) is 0 Å². The van der Waals surface area contributed by atoms with Gasteiger partial charge in [0.25, 0.3) is 0 Å². The first kappa shape index (κ1) is 7.21. The molecular weight excluding hydrogens is 128 g/mol. The van der Waals surface area contributed by atoms with Crippen LogP contribution < -0.4 is 5.73 Å². The van der Waals surface area contributed by atoms with E-state index < -0.39 is 0 Å². The molecule has 0 spiro atoms. The second-order valence-electron chi connectivity index (χ2n) is 2.27. The van der Waals surface area contributed by atoms with E-state index in [1.165, 1.54) is 0 Å². The molecule has 2 N–H and O–H groups in total. The number of aryl methyl sites for hydroxylation is 2. The first-order valence-corrected chi connectivity index (χ1v) is 3.39. The van der Waals surface area contributed by atoms with Crippen LogP contribution >= 0.6 is 0 Å². The van der Waals surface area contributed by atoms with Gasteiger partial charge >= 0.3 is 0 Å². The Morgan fingerprint density at radius 2 is 2.50 bits per heavy atom. The Balaban J connectivity index is 2.42. The first-order valence-electron chi connectivity index (χ1n) is 3.39. The number of aromatic nitrogens is 3. The minimum Gasteiger partial charge on any atom is -0.330 e. The van der Waals surface area contributed by atoms with Crippen molar-refractivity contribution in [1.29, 1.82) is 0 Å². The van der Waals surface area contributed by atoms with Crippen molar-refractivity contribution < 1.29 is 0 Å². The summed E-state index contributed by atoms with van der Waals surface area (Å²) in [4.78, 5) is 0. The van der Waals surface area contributed by atoms with E-state index >= 15 is 0 Å². The molecule has 0 fully saturated rings. The Kier molecular flexibility index (Phi) is 2.39. The van der Waals surface area contributed by atoms with Crippen LogP contribution in [-0.2, 0) is 6.54 Å². The highest BCUT2D eigenvalue weighted by atomic mass is 15.4. The lowest BCUT2D eigenvalue weighted by Crippen LogP contribution is -2.06. The summed E-state index contributed by atoms with van der Waals surface area (Å²) in [6.45, 7) is 3.50. The average Bonchev–Trinajstić information content (AvgIpc) is 2.31. The molecule has 0 saturated heterocycles. The maximum atomic E-state index is 5.32. The molecule has 0 atom stereocenters. The van der Waals surface area contributed by atoms with E-state index in [9.17, 15) is 0 Å². The third-order valence-electron chi connectivity index (χ3n) is 1.24. The maximum Gasteiger partial charge on any atom is 0.0796 e. The van der Waals surface area contributed by atoms with Crippen LogP contribution in [0.1, 0.15) is 12.1 Å². The van der Waals surface area contributed by atoms with Crippen LogP contribution in [0.25, 0.3) is 0 Å². The SMILES string of the molecule is Cc1cn(CCCN)nn1. The zero-order chi connectivity index (χ0) is 7.40. The van der Waals surface area contributed by atoms with E-state index in [-0.39, 0.29) is 0 Å². The topological polar surface area (TPSA) is 56.7 Å². The molecule has 0 aromatic carbocycles. The van der Waals surface area contributed by atoms with Gasteiger partial charge < -0.3 is 5.73 Å². The molecule has 56 valence electrons. The van der Waals surface area contributed by atoms with E-state index in [4.69, 9.17) is 5.73 Å². The van der Waals surface area contributed by atoms with Crippen LogP contribution in [0.3, 0.4) is 0 Å². The van der Waals surface area contributed by atoms with Crippen LogP contribution in [-0.4, -0.2) is 21.5 Å². The molecule has 0 bridgehead atoms. The van der Waals surface area contributed by atoms with Crippen molar-refractivity contribution in [3.05, 3.63) is 11.9 Å². The summed E-state index contributed by atoms with van der Waals surface area (Å²) in [5.74, 6) is 0. The Bertz CT molecular complexity index is 193. The third kappa shape index (κ3) is 1.80. The van der Waals surface area contributed by atoms with Gasteiger partial charge in [-0.2, -0.15) is 0 Å². The number of nitrogens with two attached hydrogens (primary N) is 1. The Labute approximate surface area is 60.0 Å². The highest BCUT2D eigenvalue weighted by Gasteiger charge is 1.92. The molecule has 0 amide bonds. The smallest absolute Gasteiger partial charge is 0.0796 e. The summed E-state index contributed by atoms with van der Waals surface area (Å²) < 4.78 is 1.81. The standard InChI is InChI=1S/C6H12N4/c1-6-5-10(9-8-6)4-2-3-7/h5H,2-4,7H2,1H3. The van der Waals surface area contributed by atoms with Crippen molar-refractivity contribution in [1.82, 2.24) is 15.0 Å². The second kappa shape index (κ2) is 3.31. The van der Waals surface area contributed by atoms with Crippen molar-refractivity contribution in [2.24, 2.45) is 5.73 Å². The van der Waals surface area contributed by atoms with E-state index in [0.717, 1.165) is 18.7 Å². The quantitative estimate of drug-likeness (QED) is 0.639. The summed E-state index contributed by atoms with van der Waals surface area (Å²) in [6, 6.07) is 0. The molecule has 0 aliphatic rings. The molecule has 0 aliphatic carbocycles. The summed E-state index contributed by atoms with van der Waals surface area (Å²) in [6.07, 6.45) is 2.87. The highest BCUT2D eigenvalue weighted by molar-refractivity contribution is 4.86. The predicted octanol–water partition coefficient (Wildman–Crippen LogP) is -0.0647. The molecule has 1 aromatic heterocycles. The fraction of sp³-hybridized carbons (Fsp3) is 0.667. The van der Waals surface area contributed by atoms with Crippen LogP contribution in [0.2, 0.25) is 0 Å². The molecule has 1 rings (SSSR count). The molecule has 1 aromatic rings. The zero-order valence-electron chi connectivity index (χ0n) is 6.12. The molecule has 0 radical (unpaired) electrons.